The van der Waals surface area contributed by atoms with Crippen molar-refractivity contribution in [1.29, 1.82) is 0 Å². The highest BCUT2D eigenvalue weighted by molar-refractivity contribution is 7.99. The second kappa shape index (κ2) is 12.6. The fourth-order valence-electron chi connectivity index (χ4n) is 2.54. The number of terminal acetylenes is 1. The highest BCUT2D eigenvalue weighted by atomic mass is 32.2. The van der Waals surface area contributed by atoms with Gasteiger partial charge in [-0.2, -0.15) is 0 Å². The maximum absolute atomic E-state index is 13.2. The molecule has 3 aromatic rings. The number of carbonyl (C=O) groups is 1. The summed E-state index contributed by atoms with van der Waals surface area (Å²) in [7, 11) is 3.53. The Labute approximate surface area is 183 Å². The van der Waals surface area contributed by atoms with Crippen molar-refractivity contribution in [3.05, 3.63) is 53.8 Å². The fraction of sp³-hybridized carbons (Fsp3) is 0.292. The van der Waals surface area contributed by atoms with Gasteiger partial charge in [0.25, 0.3) is 5.91 Å². The summed E-state index contributed by atoms with van der Waals surface area (Å²) in [5.41, 5.74) is 2.70. The third-order valence-corrected chi connectivity index (χ3v) is 5.13. The zero-order chi connectivity index (χ0) is 22.7. The number of rotatable bonds is 5. The monoisotopic (exact) mass is 428 g/mol. The van der Waals surface area contributed by atoms with E-state index in [1.807, 2.05) is 35.8 Å². The molecule has 30 heavy (non-hydrogen) atoms. The van der Waals surface area contributed by atoms with Crippen LogP contribution in [0.1, 0.15) is 37.0 Å². The van der Waals surface area contributed by atoms with Gasteiger partial charge in [-0.15, -0.1) is 12.8 Å². The average Bonchev–Trinajstić information content (AvgIpc) is 3.18. The smallest absolute Gasteiger partial charge is 0.255 e. The number of benzene rings is 2. The average molecular weight is 429 g/mol. The van der Waals surface area contributed by atoms with E-state index in [2.05, 4.69) is 32.0 Å². The van der Waals surface area contributed by atoms with Crippen LogP contribution in [0, 0.1) is 18.7 Å². The molecule has 0 atom stereocenters. The molecule has 1 N–H and O–H groups in total. The summed E-state index contributed by atoms with van der Waals surface area (Å²) in [6, 6.07) is 11.6. The Morgan fingerprint density at radius 3 is 2.23 bits per heavy atom. The molecular formula is C24H29FN2O2S. The Hall–Kier alpha value is -2.91. The van der Waals surface area contributed by atoms with Gasteiger partial charge in [0.05, 0.1) is 11.3 Å². The minimum atomic E-state index is -0.333. The van der Waals surface area contributed by atoms with Crippen LogP contribution in [0.15, 0.2) is 46.9 Å². The van der Waals surface area contributed by atoms with Crippen molar-refractivity contribution >= 4 is 34.5 Å². The van der Waals surface area contributed by atoms with Crippen LogP contribution in [0.4, 0.5) is 10.1 Å². The van der Waals surface area contributed by atoms with Crippen molar-refractivity contribution in [2.75, 3.05) is 24.7 Å². The highest BCUT2D eigenvalue weighted by Crippen LogP contribution is 2.36. The zero-order valence-corrected chi connectivity index (χ0v) is 19.0. The van der Waals surface area contributed by atoms with Crippen LogP contribution in [0.5, 0.6) is 0 Å². The molecule has 1 heterocycles. The summed E-state index contributed by atoms with van der Waals surface area (Å²) < 4.78 is 21.2. The molecule has 0 radical (unpaired) electrons. The van der Waals surface area contributed by atoms with E-state index in [0.717, 1.165) is 11.1 Å². The van der Waals surface area contributed by atoms with Crippen molar-refractivity contribution in [3.8, 4) is 24.2 Å². The van der Waals surface area contributed by atoms with Gasteiger partial charge in [-0.05, 0) is 36.4 Å². The molecule has 4 nitrogen and oxygen atoms in total. The van der Waals surface area contributed by atoms with Crippen LogP contribution in [0.25, 0.3) is 22.3 Å². The zero-order valence-electron chi connectivity index (χ0n) is 18.2. The lowest BCUT2D eigenvalue weighted by molar-refractivity contribution is 0.0964. The van der Waals surface area contributed by atoms with Gasteiger partial charge >= 0.3 is 0 Å². The molecule has 0 aliphatic heterocycles. The van der Waals surface area contributed by atoms with E-state index in [1.165, 1.54) is 25.0 Å². The van der Waals surface area contributed by atoms with Gasteiger partial charge < -0.3 is 14.0 Å². The van der Waals surface area contributed by atoms with E-state index in [0.29, 0.717) is 22.5 Å². The second-order valence-corrected chi connectivity index (χ2v) is 7.17. The first-order valence-corrected chi connectivity index (χ1v) is 10.8. The summed E-state index contributed by atoms with van der Waals surface area (Å²) in [6.45, 7) is 4.36. The fourth-order valence-corrected chi connectivity index (χ4v) is 2.87. The Morgan fingerprint density at radius 2 is 1.73 bits per heavy atom. The summed E-state index contributed by atoms with van der Waals surface area (Å²) in [4.78, 5) is 12.4. The molecule has 0 aliphatic rings. The minimum absolute atomic E-state index is 0.237. The lowest BCUT2D eigenvalue weighted by Gasteiger charge is -2.14. The van der Waals surface area contributed by atoms with Gasteiger partial charge in [-0.3, -0.25) is 4.79 Å². The van der Waals surface area contributed by atoms with Gasteiger partial charge in [-0.1, -0.05) is 38.6 Å². The van der Waals surface area contributed by atoms with Gasteiger partial charge in [0.1, 0.15) is 17.2 Å². The molecule has 1 aromatic heterocycles. The number of halogens is 1. The lowest BCUT2D eigenvalue weighted by atomic mass is 10.0. The number of amides is 1. The largest absolute Gasteiger partial charge is 0.455 e. The first-order valence-electron chi connectivity index (χ1n) is 9.62. The van der Waals surface area contributed by atoms with Gasteiger partial charge in [0.15, 0.2) is 0 Å². The third-order valence-electron chi connectivity index (χ3n) is 4.37. The number of nitrogens with one attached hydrogen (secondary N) is 1. The van der Waals surface area contributed by atoms with E-state index < -0.39 is 0 Å². The predicted octanol–water partition coefficient (Wildman–Crippen LogP) is 6.37. The van der Waals surface area contributed by atoms with Crippen molar-refractivity contribution < 1.29 is 13.6 Å². The Morgan fingerprint density at radius 1 is 1.13 bits per heavy atom. The maximum atomic E-state index is 13.2. The molecule has 0 saturated heterocycles. The number of unbranched alkanes of at least 4 members (excludes halogenated alkanes) is 1. The van der Waals surface area contributed by atoms with Crippen molar-refractivity contribution in [2.24, 2.45) is 0 Å². The van der Waals surface area contributed by atoms with Gasteiger partial charge in [-0.25, -0.2) is 4.39 Å². The second-order valence-electron chi connectivity index (χ2n) is 6.25. The number of hydrogen-bond donors (Lipinski definition) is 1. The quantitative estimate of drug-likeness (QED) is 0.379. The molecule has 0 aliphatic carbocycles. The van der Waals surface area contributed by atoms with Crippen LogP contribution in [-0.4, -0.2) is 26.3 Å². The van der Waals surface area contributed by atoms with E-state index in [4.69, 9.17) is 4.42 Å². The number of anilines is 1. The molecule has 0 spiro atoms. The molecule has 2 aromatic carbocycles. The van der Waals surface area contributed by atoms with Gasteiger partial charge in [0, 0.05) is 37.4 Å². The summed E-state index contributed by atoms with van der Waals surface area (Å²) in [5, 5.41) is 3.37. The number of nitrogens with zero attached hydrogens (tertiary/aromatic N) is 1. The molecule has 0 bridgehead atoms. The van der Waals surface area contributed by atoms with Crippen LogP contribution < -0.4 is 9.62 Å². The minimum Gasteiger partial charge on any atom is -0.455 e. The van der Waals surface area contributed by atoms with Crippen molar-refractivity contribution in [2.45, 2.75) is 26.7 Å². The first kappa shape index (κ1) is 25.1. The summed E-state index contributed by atoms with van der Waals surface area (Å²) in [6.07, 6.45) is 12.6. The summed E-state index contributed by atoms with van der Waals surface area (Å²) >= 11 is 1.58. The molecular weight excluding hydrogens is 399 g/mol. The maximum Gasteiger partial charge on any atom is 0.255 e. The summed E-state index contributed by atoms with van der Waals surface area (Å²) in [5.74, 6) is -0.132. The number of fused-ring (bicyclic) bond motifs is 1. The number of hydrogen-bond acceptors (Lipinski definition) is 4. The Kier molecular flexibility index (Phi) is 10.6. The molecule has 0 fully saturated rings. The van der Waals surface area contributed by atoms with Gasteiger partial charge in [0.2, 0.25) is 0 Å². The SMILES string of the molecule is C#C.CCCC.CNC(=O)c1c(-c2ccc(F)cc2)oc2cc(N(C)SC)ccc12. The Bertz CT molecular complexity index is 962. The Balaban J connectivity index is 0.000000673. The van der Waals surface area contributed by atoms with Crippen LogP contribution >= 0.6 is 11.9 Å². The highest BCUT2D eigenvalue weighted by Gasteiger charge is 2.22. The van der Waals surface area contributed by atoms with Crippen LogP contribution in [-0.2, 0) is 0 Å². The molecule has 6 heteroatoms. The topological polar surface area (TPSA) is 45.5 Å². The molecule has 0 unspecified atom stereocenters. The third kappa shape index (κ3) is 6.04. The van der Waals surface area contributed by atoms with E-state index >= 15 is 0 Å². The number of furan rings is 1. The molecule has 160 valence electrons. The van der Waals surface area contributed by atoms with Crippen molar-refractivity contribution in [3.63, 3.8) is 0 Å². The van der Waals surface area contributed by atoms with Crippen LogP contribution in [0.3, 0.4) is 0 Å². The standard InChI is InChI=1S/C18H17FN2O2S.C4H10.C2H2/c1-20-18(22)16-14-9-8-13(21(2)24-3)10-15(14)23-17(16)11-4-6-12(19)7-5-11;1-3-4-2;1-2/h4-10H,1-3H3,(H,20,22);3-4H2,1-2H3;1-2H. The normalized spacial score (nSPS) is 9.73. The lowest BCUT2D eigenvalue weighted by Crippen LogP contribution is -2.18. The van der Waals surface area contributed by atoms with Crippen LogP contribution in [0.2, 0.25) is 0 Å². The predicted molar refractivity (Wildman–Crippen MR) is 127 cm³/mol. The molecule has 1 amide bonds. The van der Waals surface area contributed by atoms with E-state index in [-0.39, 0.29) is 11.7 Å². The number of carbonyl (C=O) groups excluding carboxylic acids is 1. The van der Waals surface area contributed by atoms with E-state index in [1.54, 1.807) is 31.1 Å². The van der Waals surface area contributed by atoms with E-state index in [9.17, 15) is 9.18 Å². The van der Waals surface area contributed by atoms with Crippen molar-refractivity contribution in [1.82, 2.24) is 5.32 Å². The molecule has 3 rings (SSSR count). The molecule has 0 saturated carbocycles. The first-order chi connectivity index (χ1) is 14.5.